The highest BCUT2D eigenvalue weighted by atomic mass is 35.5. The molecule has 0 unspecified atom stereocenters. The third kappa shape index (κ3) is 4.03. The SMILES string of the molecule is Cc1noc(CN2CCN(Cc3cccc(Cl)c3)CC2)n1. The highest BCUT2D eigenvalue weighted by Crippen LogP contribution is 2.14. The van der Waals surface area contributed by atoms with E-state index in [4.69, 9.17) is 16.1 Å². The van der Waals surface area contributed by atoms with Gasteiger partial charge < -0.3 is 4.52 Å². The minimum atomic E-state index is 0.699. The van der Waals surface area contributed by atoms with E-state index in [1.807, 2.05) is 25.1 Å². The fourth-order valence-corrected chi connectivity index (χ4v) is 2.81. The van der Waals surface area contributed by atoms with Crippen LogP contribution in [0.25, 0.3) is 0 Å². The van der Waals surface area contributed by atoms with Gasteiger partial charge in [0, 0.05) is 37.7 Å². The predicted octanol–water partition coefficient (Wildman–Crippen LogP) is 2.35. The summed E-state index contributed by atoms with van der Waals surface area (Å²) in [5, 5.41) is 4.63. The second-order valence-corrected chi connectivity index (χ2v) is 5.85. The van der Waals surface area contributed by atoms with Crippen LogP contribution in [0.5, 0.6) is 0 Å². The Morgan fingerprint density at radius 2 is 1.86 bits per heavy atom. The smallest absolute Gasteiger partial charge is 0.240 e. The Balaban J connectivity index is 1.48. The average molecular weight is 307 g/mol. The first kappa shape index (κ1) is 14.5. The van der Waals surface area contributed by atoms with Crippen molar-refractivity contribution in [3.05, 3.63) is 46.6 Å². The largest absolute Gasteiger partial charge is 0.338 e. The minimum Gasteiger partial charge on any atom is -0.338 e. The standard InChI is InChI=1S/C15H19ClN4O/c1-12-17-15(21-18-12)11-20-7-5-19(6-8-20)10-13-3-2-4-14(16)9-13/h2-4,9H,5-8,10-11H2,1H3. The molecule has 0 amide bonds. The first-order chi connectivity index (χ1) is 10.2. The number of hydrogen-bond acceptors (Lipinski definition) is 5. The number of aromatic nitrogens is 2. The van der Waals surface area contributed by atoms with Crippen LogP contribution in [0, 0.1) is 6.92 Å². The number of rotatable bonds is 4. The summed E-state index contributed by atoms with van der Waals surface area (Å²) in [6, 6.07) is 8.08. The molecular weight excluding hydrogens is 288 g/mol. The summed E-state index contributed by atoms with van der Waals surface area (Å²) in [6.45, 7) is 7.65. The highest BCUT2D eigenvalue weighted by molar-refractivity contribution is 6.30. The predicted molar refractivity (Wildman–Crippen MR) is 81.0 cm³/mol. The Morgan fingerprint density at radius 1 is 1.14 bits per heavy atom. The van der Waals surface area contributed by atoms with Crippen molar-refractivity contribution < 1.29 is 4.52 Å². The van der Waals surface area contributed by atoms with E-state index in [0.717, 1.165) is 44.3 Å². The molecule has 1 fully saturated rings. The number of benzene rings is 1. The summed E-state index contributed by atoms with van der Waals surface area (Å²) >= 11 is 6.03. The van der Waals surface area contributed by atoms with Gasteiger partial charge in [-0.15, -0.1) is 0 Å². The molecule has 0 aliphatic carbocycles. The van der Waals surface area contributed by atoms with Crippen molar-refractivity contribution in [2.24, 2.45) is 0 Å². The van der Waals surface area contributed by atoms with Crippen molar-refractivity contribution in [3.8, 4) is 0 Å². The minimum absolute atomic E-state index is 0.699. The molecule has 2 heterocycles. The molecule has 0 bridgehead atoms. The molecule has 112 valence electrons. The second-order valence-electron chi connectivity index (χ2n) is 5.42. The molecule has 0 spiro atoms. The quantitative estimate of drug-likeness (QED) is 0.867. The van der Waals surface area contributed by atoms with Gasteiger partial charge in [-0.1, -0.05) is 28.9 Å². The molecule has 21 heavy (non-hydrogen) atoms. The van der Waals surface area contributed by atoms with Crippen LogP contribution in [0.15, 0.2) is 28.8 Å². The lowest BCUT2D eigenvalue weighted by Gasteiger charge is -2.33. The van der Waals surface area contributed by atoms with E-state index in [1.165, 1.54) is 5.56 Å². The Hall–Kier alpha value is -1.43. The van der Waals surface area contributed by atoms with Crippen LogP contribution in [0.1, 0.15) is 17.3 Å². The molecule has 3 rings (SSSR count). The molecule has 0 N–H and O–H groups in total. The van der Waals surface area contributed by atoms with E-state index in [2.05, 4.69) is 26.0 Å². The maximum Gasteiger partial charge on any atom is 0.240 e. The monoisotopic (exact) mass is 306 g/mol. The molecule has 0 radical (unpaired) electrons. The van der Waals surface area contributed by atoms with Gasteiger partial charge >= 0.3 is 0 Å². The van der Waals surface area contributed by atoms with Crippen LogP contribution < -0.4 is 0 Å². The van der Waals surface area contributed by atoms with Gasteiger partial charge in [-0.25, -0.2) is 0 Å². The molecule has 6 heteroatoms. The molecule has 0 saturated carbocycles. The third-order valence-corrected chi connectivity index (χ3v) is 3.92. The first-order valence-corrected chi connectivity index (χ1v) is 7.55. The lowest BCUT2D eigenvalue weighted by atomic mass is 10.2. The second kappa shape index (κ2) is 6.56. The number of hydrogen-bond donors (Lipinski definition) is 0. The van der Waals surface area contributed by atoms with E-state index in [0.29, 0.717) is 11.7 Å². The van der Waals surface area contributed by atoms with Crippen LogP contribution in [-0.4, -0.2) is 46.1 Å². The third-order valence-electron chi connectivity index (χ3n) is 3.69. The molecule has 0 atom stereocenters. The Kier molecular flexibility index (Phi) is 4.53. The van der Waals surface area contributed by atoms with Crippen molar-refractivity contribution in [1.82, 2.24) is 19.9 Å². The number of nitrogens with zero attached hydrogens (tertiary/aromatic N) is 4. The molecule has 1 saturated heterocycles. The van der Waals surface area contributed by atoms with E-state index in [1.54, 1.807) is 0 Å². The zero-order valence-corrected chi connectivity index (χ0v) is 12.9. The summed E-state index contributed by atoms with van der Waals surface area (Å²) in [7, 11) is 0. The first-order valence-electron chi connectivity index (χ1n) is 7.17. The van der Waals surface area contributed by atoms with E-state index >= 15 is 0 Å². The number of halogens is 1. The number of piperazine rings is 1. The molecule has 1 aliphatic rings. The van der Waals surface area contributed by atoms with Crippen LogP contribution in [0.3, 0.4) is 0 Å². The average Bonchev–Trinajstić information content (AvgIpc) is 2.86. The van der Waals surface area contributed by atoms with Gasteiger partial charge in [0.15, 0.2) is 5.82 Å². The van der Waals surface area contributed by atoms with Crippen molar-refractivity contribution >= 4 is 11.6 Å². The zero-order chi connectivity index (χ0) is 14.7. The summed E-state index contributed by atoms with van der Waals surface area (Å²) in [5.41, 5.74) is 1.27. The van der Waals surface area contributed by atoms with Crippen LogP contribution in [0.2, 0.25) is 5.02 Å². The van der Waals surface area contributed by atoms with Crippen molar-refractivity contribution in [3.63, 3.8) is 0 Å². The maximum atomic E-state index is 6.03. The van der Waals surface area contributed by atoms with E-state index in [-0.39, 0.29) is 0 Å². The van der Waals surface area contributed by atoms with Crippen molar-refractivity contribution in [2.75, 3.05) is 26.2 Å². The van der Waals surface area contributed by atoms with Crippen molar-refractivity contribution in [2.45, 2.75) is 20.0 Å². The summed E-state index contributed by atoms with van der Waals surface area (Å²) in [5.74, 6) is 1.40. The van der Waals surface area contributed by atoms with Crippen LogP contribution in [-0.2, 0) is 13.1 Å². The van der Waals surface area contributed by atoms with Gasteiger partial charge in [0.2, 0.25) is 5.89 Å². The van der Waals surface area contributed by atoms with Gasteiger partial charge in [0.25, 0.3) is 0 Å². The molecular formula is C15H19ClN4O. The highest BCUT2D eigenvalue weighted by Gasteiger charge is 2.19. The lowest BCUT2D eigenvalue weighted by molar-refractivity contribution is 0.112. The van der Waals surface area contributed by atoms with Crippen LogP contribution >= 0.6 is 11.6 Å². The maximum absolute atomic E-state index is 6.03. The van der Waals surface area contributed by atoms with Gasteiger partial charge in [0.05, 0.1) is 6.54 Å². The van der Waals surface area contributed by atoms with Crippen molar-refractivity contribution in [1.29, 1.82) is 0 Å². The molecule has 5 nitrogen and oxygen atoms in total. The van der Waals surface area contributed by atoms with E-state index in [9.17, 15) is 0 Å². The Labute approximate surface area is 129 Å². The van der Waals surface area contributed by atoms with Gasteiger partial charge in [-0.05, 0) is 24.6 Å². The zero-order valence-electron chi connectivity index (χ0n) is 12.1. The summed E-state index contributed by atoms with van der Waals surface area (Å²) in [6.07, 6.45) is 0. The van der Waals surface area contributed by atoms with Crippen LogP contribution in [0.4, 0.5) is 0 Å². The molecule has 2 aromatic rings. The van der Waals surface area contributed by atoms with E-state index < -0.39 is 0 Å². The molecule has 1 aromatic heterocycles. The molecule has 1 aromatic carbocycles. The summed E-state index contributed by atoms with van der Waals surface area (Å²) in [4.78, 5) is 9.05. The summed E-state index contributed by atoms with van der Waals surface area (Å²) < 4.78 is 5.17. The number of aryl methyl sites for hydroxylation is 1. The molecule has 1 aliphatic heterocycles. The Morgan fingerprint density at radius 3 is 2.48 bits per heavy atom. The normalized spacial score (nSPS) is 17.2. The van der Waals surface area contributed by atoms with Gasteiger partial charge in [0.1, 0.15) is 0 Å². The fourth-order valence-electron chi connectivity index (χ4n) is 2.59. The van der Waals surface area contributed by atoms with Gasteiger partial charge in [-0.2, -0.15) is 4.98 Å². The fraction of sp³-hybridized carbons (Fsp3) is 0.467. The van der Waals surface area contributed by atoms with Gasteiger partial charge in [-0.3, -0.25) is 9.80 Å². The lowest BCUT2D eigenvalue weighted by Crippen LogP contribution is -2.45. The topological polar surface area (TPSA) is 45.4 Å². The Bertz CT molecular complexity index is 593.